The summed E-state index contributed by atoms with van der Waals surface area (Å²) in [5.41, 5.74) is 6.76. The van der Waals surface area contributed by atoms with Crippen LogP contribution in [0.3, 0.4) is 0 Å². The van der Waals surface area contributed by atoms with E-state index in [2.05, 4.69) is 15.0 Å². The maximum absolute atomic E-state index is 5.82. The van der Waals surface area contributed by atoms with Gasteiger partial charge < -0.3 is 10.5 Å². The zero-order valence-corrected chi connectivity index (χ0v) is 11.4. The van der Waals surface area contributed by atoms with Crippen molar-refractivity contribution in [3.8, 4) is 11.6 Å². The minimum atomic E-state index is 0.436. The first-order chi connectivity index (χ1) is 10.3. The highest BCUT2D eigenvalue weighted by molar-refractivity contribution is 5.79. The average molecular weight is 278 g/mol. The molecule has 0 aliphatic heterocycles. The van der Waals surface area contributed by atoms with Crippen LogP contribution >= 0.6 is 0 Å². The molecule has 2 N–H and O–H groups in total. The van der Waals surface area contributed by atoms with Crippen LogP contribution in [0, 0.1) is 0 Å². The number of benzene rings is 1. The normalized spacial score (nSPS) is 14.3. The van der Waals surface area contributed by atoms with E-state index in [-0.39, 0.29) is 0 Å². The second kappa shape index (κ2) is 4.70. The number of ether oxygens (including phenoxy) is 1. The molecule has 2 heterocycles. The average Bonchev–Trinajstić information content (AvgIpc) is 3.31. The van der Waals surface area contributed by atoms with Crippen LogP contribution in [0.4, 0.5) is 5.82 Å². The Kier molecular flexibility index (Phi) is 2.70. The van der Waals surface area contributed by atoms with E-state index in [1.54, 1.807) is 12.3 Å². The summed E-state index contributed by atoms with van der Waals surface area (Å²) in [7, 11) is 0. The molecule has 0 unspecified atom stereocenters. The van der Waals surface area contributed by atoms with Crippen molar-refractivity contribution in [1.29, 1.82) is 0 Å². The maximum Gasteiger partial charge on any atom is 0.224 e. The van der Waals surface area contributed by atoms with Crippen LogP contribution in [0.2, 0.25) is 0 Å². The fraction of sp³-hybridized carbons (Fsp3) is 0.188. The molecule has 0 bridgehead atoms. The Balaban J connectivity index is 1.67. The van der Waals surface area contributed by atoms with Crippen molar-refractivity contribution in [2.75, 3.05) is 5.73 Å². The molecule has 1 aliphatic carbocycles. The van der Waals surface area contributed by atoms with Crippen molar-refractivity contribution in [3.63, 3.8) is 0 Å². The van der Waals surface area contributed by atoms with E-state index in [1.165, 1.54) is 0 Å². The van der Waals surface area contributed by atoms with E-state index in [1.807, 2.05) is 30.3 Å². The van der Waals surface area contributed by atoms with Gasteiger partial charge in [-0.05, 0) is 25.0 Å². The summed E-state index contributed by atoms with van der Waals surface area (Å²) in [6.45, 7) is 0. The number of aromatic nitrogens is 3. The second-order valence-electron chi connectivity index (χ2n) is 5.23. The first-order valence-electron chi connectivity index (χ1n) is 6.95. The molecule has 0 spiro atoms. The number of nitrogens with two attached hydrogens (primary N) is 1. The van der Waals surface area contributed by atoms with E-state index >= 15 is 0 Å². The topological polar surface area (TPSA) is 73.9 Å². The zero-order valence-electron chi connectivity index (χ0n) is 11.4. The molecule has 3 aromatic rings. The maximum atomic E-state index is 5.82. The Morgan fingerprint density at radius 1 is 1.10 bits per heavy atom. The summed E-state index contributed by atoms with van der Waals surface area (Å²) < 4.78 is 5.79. The van der Waals surface area contributed by atoms with E-state index in [0.29, 0.717) is 23.4 Å². The summed E-state index contributed by atoms with van der Waals surface area (Å²) >= 11 is 0. The van der Waals surface area contributed by atoms with Crippen molar-refractivity contribution in [3.05, 3.63) is 48.4 Å². The molecule has 104 valence electrons. The summed E-state index contributed by atoms with van der Waals surface area (Å²) in [4.78, 5) is 13.1. The molecule has 21 heavy (non-hydrogen) atoms. The number of hydrogen-bond donors (Lipinski definition) is 1. The van der Waals surface area contributed by atoms with Gasteiger partial charge in [0, 0.05) is 17.4 Å². The number of nitrogen functional groups attached to an aromatic ring is 1. The van der Waals surface area contributed by atoms with Gasteiger partial charge in [-0.3, -0.25) is 4.98 Å². The summed E-state index contributed by atoms with van der Waals surface area (Å²) in [6.07, 6.45) is 3.94. The summed E-state index contributed by atoms with van der Waals surface area (Å²) in [5.74, 6) is 2.77. The van der Waals surface area contributed by atoms with E-state index in [0.717, 1.165) is 29.6 Å². The third-order valence-electron chi connectivity index (χ3n) is 3.47. The highest BCUT2D eigenvalue weighted by atomic mass is 16.5. The minimum Gasteiger partial charge on any atom is -0.437 e. The molecular formula is C16H14N4O. The van der Waals surface area contributed by atoms with Gasteiger partial charge in [-0.1, -0.05) is 18.2 Å². The standard InChI is InChI=1S/C16H14N4O/c17-14-8-15(20-16(19-14)10-5-6-10)21-12-7-11-3-1-2-4-13(11)18-9-12/h1-4,7-10H,5-6H2,(H2,17,19,20). The van der Waals surface area contributed by atoms with E-state index < -0.39 is 0 Å². The number of nitrogens with zero attached hydrogens (tertiary/aromatic N) is 3. The Labute approximate surface area is 121 Å². The fourth-order valence-electron chi connectivity index (χ4n) is 2.27. The molecule has 5 heteroatoms. The number of para-hydroxylation sites is 1. The van der Waals surface area contributed by atoms with Crippen LogP contribution in [0.25, 0.3) is 10.9 Å². The van der Waals surface area contributed by atoms with Gasteiger partial charge in [-0.25, -0.2) is 4.98 Å². The molecule has 1 aromatic carbocycles. The first kappa shape index (κ1) is 12.1. The molecule has 0 atom stereocenters. The van der Waals surface area contributed by atoms with Crippen LogP contribution < -0.4 is 10.5 Å². The Morgan fingerprint density at radius 2 is 1.95 bits per heavy atom. The highest BCUT2D eigenvalue weighted by Crippen LogP contribution is 2.39. The van der Waals surface area contributed by atoms with Gasteiger partial charge >= 0.3 is 0 Å². The third-order valence-corrected chi connectivity index (χ3v) is 3.47. The monoisotopic (exact) mass is 278 g/mol. The van der Waals surface area contributed by atoms with Gasteiger partial charge in [0.05, 0.1) is 11.7 Å². The van der Waals surface area contributed by atoms with Gasteiger partial charge in [0.25, 0.3) is 0 Å². The van der Waals surface area contributed by atoms with Gasteiger partial charge in [-0.2, -0.15) is 4.98 Å². The van der Waals surface area contributed by atoms with Crippen LogP contribution in [-0.4, -0.2) is 15.0 Å². The van der Waals surface area contributed by atoms with Crippen LogP contribution in [0.1, 0.15) is 24.6 Å². The second-order valence-corrected chi connectivity index (χ2v) is 5.23. The minimum absolute atomic E-state index is 0.436. The molecular weight excluding hydrogens is 264 g/mol. The van der Waals surface area contributed by atoms with Crippen molar-refractivity contribution >= 4 is 16.7 Å². The van der Waals surface area contributed by atoms with Crippen LogP contribution in [-0.2, 0) is 0 Å². The summed E-state index contributed by atoms with van der Waals surface area (Å²) in [5, 5.41) is 1.03. The molecule has 1 aliphatic rings. The number of rotatable bonds is 3. The smallest absolute Gasteiger partial charge is 0.224 e. The lowest BCUT2D eigenvalue weighted by Crippen LogP contribution is -2.00. The molecule has 1 saturated carbocycles. The van der Waals surface area contributed by atoms with Crippen molar-refractivity contribution in [1.82, 2.24) is 15.0 Å². The fourth-order valence-corrected chi connectivity index (χ4v) is 2.27. The largest absolute Gasteiger partial charge is 0.437 e. The van der Waals surface area contributed by atoms with Gasteiger partial charge in [0.15, 0.2) is 0 Å². The molecule has 1 fully saturated rings. The van der Waals surface area contributed by atoms with Crippen molar-refractivity contribution in [2.24, 2.45) is 0 Å². The molecule has 5 nitrogen and oxygen atoms in total. The highest BCUT2D eigenvalue weighted by Gasteiger charge is 2.27. The zero-order chi connectivity index (χ0) is 14.2. The third kappa shape index (κ3) is 2.50. The van der Waals surface area contributed by atoms with Crippen LogP contribution in [0.5, 0.6) is 11.6 Å². The molecule has 0 amide bonds. The predicted molar refractivity (Wildman–Crippen MR) is 80.2 cm³/mol. The predicted octanol–water partition coefficient (Wildman–Crippen LogP) is 3.28. The quantitative estimate of drug-likeness (QED) is 0.795. The number of hydrogen-bond acceptors (Lipinski definition) is 5. The molecule has 4 rings (SSSR count). The molecule has 2 aromatic heterocycles. The Bertz CT molecular complexity index is 814. The van der Waals surface area contributed by atoms with Gasteiger partial charge in [0.1, 0.15) is 17.4 Å². The number of pyridine rings is 1. The number of anilines is 1. The lowest BCUT2D eigenvalue weighted by Gasteiger charge is -2.07. The van der Waals surface area contributed by atoms with Crippen LogP contribution in [0.15, 0.2) is 42.6 Å². The lowest BCUT2D eigenvalue weighted by molar-refractivity contribution is 0.458. The van der Waals surface area contributed by atoms with Gasteiger partial charge in [-0.15, -0.1) is 0 Å². The summed E-state index contributed by atoms with van der Waals surface area (Å²) in [6, 6.07) is 11.5. The Hall–Kier alpha value is -2.69. The van der Waals surface area contributed by atoms with Gasteiger partial charge in [0.2, 0.25) is 5.88 Å². The van der Waals surface area contributed by atoms with E-state index in [4.69, 9.17) is 10.5 Å². The van der Waals surface area contributed by atoms with Crippen molar-refractivity contribution in [2.45, 2.75) is 18.8 Å². The van der Waals surface area contributed by atoms with Crippen molar-refractivity contribution < 1.29 is 4.74 Å². The lowest BCUT2D eigenvalue weighted by atomic mass is 10.2. The number of fused-ring (bicyclic) bond motifs is 1. The Morgan fingerprint density at radius 3 is 2.81 bits per heavy atom. The molecule has 0 saturated heterocycles. The van der Waals surface area contributed by atoms with E-state index in [9.17, 15) is 0 Å². The first-order valence-corrected chi connectivity index (χ1v) is 6.95. The molecule has 0 radical (unpaired) electrons. The SMILES string of the molecule is Nc1cc(Oc2cnc3ccccc3c2)nc(C2CC2)n1.